The second kappa shape index (κ2) is 6.18. The molecule has 1 fully saturated rings. The number of aromatic amines is 1. The topological polar surface area (TPSA) is 65.2 Å². The van der Waals surface area contributed by atoms with Gasteiger partial charge in [0, 0.05) is 36.1 Å². The van der Waals surface area contributed by atoms with E-state index in [0.717, 1.165) is 15.8 Å². The minimum Gasteiger partial charge on any atom is -0.361 e. The Balaban J connectivity index is 1.62. The molecule has 1 aliphatic rings. The average molecular weight is 339 g/mol. The molecule has 0 unspecified atom stereocenters. The van der Waals surface area contributed by atoms with Crippen LogP contribution in [0.3, 0.4) is 0 Å². The summed E-state index contributed by atoms with van der Waals surface area (Å²) in [4.78, 5) is 27.4. The lowest BCUT2D eigenvalue weighted by Gasteiger charge is -2.31. The van der Waals surface area contributed by atoms with Gasteiger partial charge in [-0.2, -0.15) is 13.2 Å². The number of H-pyrrole nitrogens is 1. The van der Waals surface area contributed by atoms with Gasteiger partial charge in [0.1, 0.15) is 0 Å². The predicted octanol–water partition coefficient (Wildman–Crippen LogP) is 2.91. The quantitative estimate of drug-likeness (QED) is 0.884. The summed E-state index contributed by atoms with van der Waals surface area (Å²) >= 11 is 0. The zero-order chi connectivity index (χ0) is 17.3. The third-order valence-electron chi connectivity index (χ3n) is 4.25. The van der Waals surface area contributed by atoms with Crippen LogP contribution in [0.25, 0.3) is 10.9 Å². The maximum Gasteiger partial charge on any atom is 0.471 e. The van der Waals surface area contributed by atoms with Gasteiger partial charge in [0.25, 0.3) is 0 Å². The Morgan fingerprint density at radius 1 is 1.17 bits per heavy atom. The monoisotopic (exact) mass is 339 g/mol. The summed E-state index contributed by atoms with van der Waals surface area (Å²) in [6.45, 7) is -0.129. The number of carbonyl (C=O) groups excluding carboxylic acids is 2. The molecule has 0 saturated carbocycles. The van der Waals surface area contributed by atoms with Crippen molar-refractivity contribution in [3.8, 4) is 0 Å². The second-order valence-electron chi connectivity index (χ2n) is 5.80. The molecule has 1 aromatic carbocycles. The SMILES string of the molecule is O=C(Nc1cccc2[nH]ccc12)C1CCN(C(=O)C(F)(F)F)CC1. The van der Waals surface area contributed by atoms with Gasteiger partial charge in [0.05, 0.1) is 5.69 Å². The van der Waals surface area contributed by atoms with E-state index >= 15 is 0 Å². The van der Waals surface area contributed by atoms with E-state index in [1.165, 1.54) is 0 Å². The molecule has 24 heavy (non-hydrogen) atoms. The van der Waals surface area contributed by atoms with E-state index in [1.54, 1.807) is 18.3 Å². The molecule has 0 radical (unpaired) electrons. The van der Waals surface area contributed by atoms with E-state index in [9.17, 15) is 22.8 Å². The number of likely N-dealkylation sites (tertiary alicyclic amines) is 1. The third kappa shape index (κ3) is 3.22. The van der Waals surface area contributed by atoms with Gasteiger partial charge in [-0.3, -0.25) is 9.59 Å². The molecule has 5 nitrogen and oxygen atoms in total. The molecule has 8 heteroatoms. The fraction of sp³-hybridized carbons (Fsp3) is 0.375. The lowest BCUT2D eigenvalue weighted by Crippen LogP contribution is -2.46. The molecule has 2 amide bonds. The van der Waals surface area contributed by atoms with Crippen LogP contribution in [-0.4, -0.2) is 41.0 Å². The second-order valence-corrected chi connectivity index (χ2v) is 5.80. The molecular weight excluding hydrogens is 323 g/mol. The van der Waals surface area contributed by atoms with Gasteiger partial charge in [-0.1, -0.05) is 6.07 Å². The van der Waals surface area contributed by atoms with Crippen LogP contribution in [0.4, 0.5) is 18.9 Å². The number of carbonyl (C=O) groups is 2. The highest BCUT2D eigenvalue weighted by Gasteiger charge is 2.43. The summed E-state index contributed by atoms with van der Waals surface area (Å²) in [5, 5.41) is 3.70. The molecule has 2 aromatic rings. The van der Waals surface area contributed by atoms with Gasteiger partial charge in [-0.05, 0) is 31.0 Å². The van der Waals surface area contributed by atoms with Crippen LogP contribution in [-0.2, 0) is 9.59 Å². The summed E-state index contributed by atoms with van der Waals surface area (Å²) in [5.74, 6) is -2.47. The predicted molar refractivity (Wildman–Crippen MR) is 82.3 cm³/mol. The maximum atomic E-state index is 12.4. The summed E-state index contributed by atoms with van der Waals surface area (Å²) in [5.41, 5.74) is 1.55. The van der Waals surface area contributed by atoms with Crippen LogP contribution in [0.1, 0.15) is 12.8 Å². The number of hydrogen-bond donors (Lipinski definition) is 2. The highest BCUT2D eigenvalue weighted by molar-refractivity contribution is 6.02. The highest BCUT2D eigenvalue weighted by atomic mass is 19.4. The lowest BCUT2D eigenvalue weighted by atomic mass is 9.95. The van der Waals surface area contributed by atoms with Crippen LogP contribution >= 0.6 is 0 Å². The largest absolute Gasteiger partial charge is 0.471 e. The Morgan fingerprint density at radius 2 is 1.88 bits per heavy atom. The van der Waals surface area contributed by atoms with Gasteiger partial charge in [0.15, 0.2) is 0 Å². The zero-order valence-electron chi connectivity index (χ0n) is 12.7. The van der Waals surface area contributed by atoms with Crippen molar-refractivity contribution in [2.75, 3.05) is 18.4 Å². The van der Waals surface area contributed by atoms with Gasteiger partial charge in [-0.25, -0.2) is 0 Å². The van der Waals surface area contributed by atoms with Gasteiger partial charge < -0.3 is 15.2 Å². The molecule has 1 aromatic heterocycles. The number of alkyl halides is 3. The van der Waals surface area contributed by atoms with Crippen molar-refractivity contribution in [3.63, 3.8) is 0 Å². The van der Waals surface area contributed by atoms with E-state index in [0.29, 0.717) is 5.69 Å². The first-order chi connectivity index (χ1) is 11.4. The molecule has 0 aliphatic carbocycles. The van der Waals surface area contributed by atoms with Crippen molar-refractivity contribution in [2.24, 2.45) is 5.92 Å². The summed E-state index contributed by atoms with van der Waals surface area (Å²) in [7, 11) is 0. The number of benzene rings is 1. The minimum absolute atomic E-state index is 0.0647. The normalized spacial score (nSPS) is 16.4. The first kappa shape index (κ1) is 16.4. The Hall–Kier alpha value is -2.51. The van der Waals surface area contributed by atoms with Crippen molar-refractivity contribution in [1.82, 2.24) is 9.88 Å². The molecule has 1 aliphatic heterocycles. The van der Waals surface area contributed by atoms with Crippen molar-refractivity contribution < 1.29 is 22.8 Å². The number of piperidine rings is 1. The summed E-state index contributed by atoms with van der Waals surface area (Å²) < 4.78 is 37.3. The van der Waals surface area contributed by atoms with Gasteiger partial charge in [-0.15, -0.1) is 0 Å². The van der Waals surface area contributed by atoms with E-state index in [4.69, 9.17) is 0 Å². The standard InChI is InChI=1S/C16H16F3N3O2/c17-16(18,19)15(24)22-8-5-10(6-9-22)14(23)21-13-3-1-2-12-11(13)4-7-20-12/h1-4,7,10,20H,5-6,8-9H2,(H,21,23). The molecule has 1 saturated heterocycles. The number of amides is 2. The van der Waals surface area contributed by atoms with Crippen molar-refractivity contribution in [2.45, 2.75) is 19.0 Å². The molecule has 0 spiro atoms. The number of nitrogens with zero attached hydrogens (tertiary/aromatic N) is 1. The molecule has 128 valence electrons. The van der Waals surface area contributed by atoms with Gasteiger partial charge >= 0.3 is 12.1 Å². The van der Waals surface area contributed by atoms with E-state index in [1.807, 2.05) is 12.1 Å². The smallest absolute Gasteiger partial charge is 0.361 e. The number of aromatic nitrogens is 1. The first-order valence-corrected chi connectivity index (χ1v) is 7.59. The van der Waals surface area contributed by atoms with Crippen molar-refractivity contribution in [1.29, 1.82) is 0 Å². The molecule has 2 heterocycles. The Kier molecular flexibility index (Phi) is 4.21. The fourth-order valence-corrected chi connectivity index (χ4v) is 2.95. The van der Waals surface area contributed by atoms with Crippen LogP contribution in [0.5, 0.6) is 0 Å². The van der Waals surface area contributed by atoms with Crippen molar-refractivity contribution in [3.05, 3.63) is 30.5 Å². The lowest BCUT2D eigenvalue weighted by molar-refractivity contribution is -0.186. The molecule has 0 bridgehead atoms. The van der Waals surface area contributed by atoms with Crippen LogP contribution in [0.2, 0.25) is 0 Å². The van der Waals surface area contributed by atoms with Crippen molar-refractivity contribution >= 4 is 28.4 Å². The van der Waals surface area contributed by atoms with E-state index < -0.39 is 18.0 Å². The Bertz CT molecular complexity index is 761. The van der Waals surface area contributed by atoms with E-state index in [-0.39, 0.29) is 31.8 Å². The summed E-state index contributed by atoms with van der Waals surface area (Å²) in [6, 6.07) is 7.30. The first-order valence-electron chi connectivity index (χ1n) is 7.59. The Labute approximate surface area is 135 Å². The minimum atomic E-state index is -4.86. The molecular formula is C16H16F3N3O2. The Morgan fingerprint density at radius 3 is 2.54 bits per heavy atom. The zero-order valence-corrected chi connectivity index (χ0v) is 12.7. The number of hydrogen-bond acceptors (Lipinski definition) is 2. The highest BCUT2D eigenvalue weighted by Crippen LogP contribution is 2.26. The molecule has 0 atom stereocenters. The van der Waals surface area contributed by atoms with Crippen LogP contribution in [0.15, 0.2) is 30.5 Å². The number of nitrogens with one attached hydrogen (secondary N) is 2. The average Bonchev–Trinajstić information content (AvgIpc) is 3.03. The summed E-state index contributed by atoms with van der Waals surface area (Å²) in [6.07, 6.45) is -2.66. The van der Waals surface area contributed by atoms with Crippen LogP contribution in [0, 0.1) is 5.92 Å². The van der Waals surface area contributed by atoms with Crippen LogP contribution < -0.4 is 5.32 Å². The third-order valence-corrected chi connectivity index (χ3v) is 4.25. The number of fused-ring (bicyclic) bond motifs is 1. The molecule has 2 N–H and O–H groups in total. The number of halogens is 3. The number of anilines is 1. The fourth-order valence-electron chi connectivity index (χ4n) is 2.95. The number of rotatable bonds is 2. The van der Waals surface area contributed by atoms with E-state index in [2.05, 4.69) is 10.3 Å². The van der Waals surface area contributed by atoms with Gasteiger partial charge in [0.2, 0.25) is 5.91 Å². The maximum absolute atomic E-state index is 12.4. The molecule has 3 rings (SSSR count).